The van der Waals surface area contributed by atoms with Crippen molar-refractivity contribution < 1.29 is 14.6 Å². The number of halogens is 1. The second kappa shape index (κ2) is 8.10. The molecule has 0 saturated heterocycles. The summed E-state index contributed by atoms with van der Waals surface area (Å²) in [5.74, 6) is 1.93. The summed E-state index contributed by atoms with van der Waals surface area (Å²) in [6, 6.07) is 8.58. The van der Waals surface area contributed by atoms with Crippen molar-refractivity contribution in [2.24, 2.45) is 0 Å². The van der Waals surface area contributed by atoms with Gasteiger partial charge in [-0.15, -0.1) is 0 Å². The van der Waals surface area contributed by atoms with Crippen LogP contribution >= 0.6 is 11.6 Å². The number of hydrogen-bond donors (Lipinski definition) is 2. The lowest BCUT2D eigenvalue weighted by Gasteiger charge is -2.24. The molecule has 28 heavy (non-hydrogen) atoms. The number of phenolic OH excluding ortho intramolecular Hbond substituents is 1. The Kier molecular flexibility index (Phi) is 5.39. The molecule has 1 aliphatic carbocycles. The number of ether oxygens (including phenoxy) is 2. The Morgan fingerprint density at radius 1 is 1.11 bits per heavy atom. The number of phenols is 1. The summed E-state index contributed by atoms with van der Waals surface area (Å²) in [4.78, 5) is 8.70. The second-order valence-corrected chi connectivity index (χ2v) is 7.32. The van der Waals surface area contributed by atoms with Gasteiger partial charge in [0.15, 0.2) is 0 Å². The fourth-order valence-electron chi connectivity index (χ4n) is 3.54. The lowest BCUT2D eigenvalue weighted by Crippen LogP contribution is -2.19. The highest BCUT2D eigenvalue weighted by atomic mass is 35.5. The third-order valence-electron chi connectivity index (χ3n) is 4.96. The highest BCUT2D eigenvalue weighted by Crippen LogP contribution is 2.38. The van der Waals surface area contributed by atoms with E-state index in [-0.39, 0.29) is 11.9 Å². The van der Waals surface area contributed by atoms with E-state index in [1.54, 1.807) is 37.4 Å². The third kappa shape index (κ3) is 3.92. The van der Waals surface area contributed by atoms with E-state index in [2.05, 4.69) is 15.3 Å². The SMILES string of the molecule is COc1ccc(Cl)c(Nc2ncnc3cc(O)cc(OC4CCCCC4)c23)c1. The van der Waals surface area contributed by atoms with E-state index in [9.17, 15) is 5.11 Å². The molecular formula is C21H22ClN3O3. The van der Waals surface area contributed by atoms with Crippen LogP contribution < -0.4 is 14.8 Å². The number of fused-ring (bicyclic) bond motifs is 1. The fourth-order valence-corrected chi connectivity index (χ4v) is 3.71. The smallest absolute Gasteiger partial charge is 0.145 e. The van der Waals surface area contributed by atoms with E-state index >= 15 is 0 Å². The maximum atomic E-state index is 10.1. The van der Waals surface area contributed by atoms with Crippen molar-refractivity contribution in [2.45, 2.75) is 38.2 Å². The number of benzene rings is 2. The Bertz CT molecular complexity index is 990. The Balaban J connectivity index is 1.76. The number of nitrogens with zero attached hydrogens (tertiary/aromatic N) is 2. The monoisotopic (exact) mass is 399 g/mol. The molecule has 0 atom stereocenters. The molecule has 1 fully saturated rings. The predicted octanol–water partition coefficient (Wildman–Crippen LogP) is 5.45. The maximum Gasteiger partial charge on any atom is 0.145 e. The molecule has 1 heterocycles. The van der Waals surface area contributed by atoms with E-state index < -0.39 is 0 Å². The second-order valence-electron chi connectivity index (χ2n) is 6.91. The van der Waals surface area contributed by atoms with Crippen molar-refractivity contribution in [1.82, 2.24) is 9.97 Å². The van der Waals surface area contributed by atoms with E-state index in [4.69, 9.17) is 21.1 Å². The van der Waals surface area contributed by atoms with Gasteiger partial charge in [0.25, 0.3) is 0 Å². The summed E-state index contributed by atoms with van der Waals surface area (Å²) in [5.41, 5.74) is 1.26. The molecule has 1 aliphatic rings. The van der Waals surface area contributed by atoms with Gasteiger partial charge in [-0.3, -0.25) is 0 Å². The van der Waals surface area contributed by atoms with Crippen LogP contribution in [0, 0.1) is 0 Å². The lowest BCUT2D eigenvalue weighted by molar-refractivity contribution is 0.156. The molecule has 0 bridgehead atoms. The summed E-state index contributed by atoms with van der Waals surface area (Å²) in [6.45, 7) is 0. The molecule has 0 amide bonds. The molecule has 1 aromatic heterocycles. The molecule has 6 nitrogen and oxygen atoms in total. The zero-order valence-corrected chi connectivity index (χ0v) is 16.4. The zero-order valence-electron chi connectivity index (χ0n) is 15.6. The van der Waals surface area contributed by atoms with Gasteiger partial charge < -0.3 is 19.9 Å². The lowest BCUT2D eigenvalue weighted by atomic mass is 9.98. The van der Waals surface area contributed by atoms with Gasteiger partial charge in [-0.05, 0) is 37.8 Å². The van der Waals surface area contributed by atoms with Crippen molar-refractivity contribution in [3.63, 3.8) is 0 Å². The molecule has 1 saturated carbocycles. The van der Waals surface area contributed by atoms with E-state index in [0.717, 1.165) is 25.7 Å². The minimum absolute atomic E-state index is 0.113. The Morgan fingerprint density at radius 3 is 2.71 bits per heavy atom. The summed E-state index contributed by atoms with van der Waals surface area (Å²) in [6.07, 6.45) is 7.15. The number of aromatic hydroxyl groups is 1. The first-order valence-corrected chi connectivity index (χ1v) is 9.77. The minimum Gasteiger partial charge on any atom is -0.508 e. The van der Waals surface area contributed by atoms with E-state index in [0.29, 0.717) is 38.9 Å². The van der Waals surface area contributed by atoms with Gasteiger partial charge in [0.05, 0.1) is 34.8 Å². The molecule has 4 rings (SSSR count). The highest BCUT2D eigenvalue weighted by Gasteiger charge is 2.19. The topological polar surface area (TPSA) is 76.5 Å². The molecule has 2 aromatic carbocycles. The molecule has 3 aromatic rings. The van der Waals surface area contributed by atoms with Crippen LogP contribution in [-0.2, 0) is 0 Å². The molecule has 0 aliphatic heterocycles. The summed E-state index contributed by atoms with van der Waals surface area (Å²) >= 11 is 6.34. The van der Waals surface area contributed by atoms with Crippen molar-refractivity contribution in [1.29, 1.82) is 0 Å². The number of rotatable bonds is 5. The number of anilines is 2. The summed E-state index contributed by atoms with van der Waals surface area (Å²) in [5, 5.41) is 14.7. The molecule has 0 radical (unpaired) electrons. The maximum absolute atomic E-state index is 10.1. The Hall–Kier alpha value is -2.73. The average Bonchev–Trinajstić information content (AvgIpc) is 2.70. The Labute approximate surface area is 168 Å². The molecule has 146 valence electrons. The third-order valence-corrected chi connectivity index (χ3v) is 5.29. The van der Waals surface area contributed by atoms with Crippen LogP contribution in [0.5, 0.6) is 17.2 Å². The molecule has 0 unspecified atom stereocenters. The standard InChI is InChI=1S/C21H22ClN3O3/c1-27-15-7-8-16(22)17(11-15)25-21-20-18(23-12-24-21)9-13(26)10-19(20)28-14-5-3-2-4-6-14/h7-12,14,26H,2-6H2,1H3,(H,23,24,25). The number of hydrogen-bond acceptors (Lipinski definition) is 6. The van der Waals surface area contributed by atoms with Crippen LogP contribution in [0.4, 0.5) is 11.5 Å². The van der Waals surface area contributed by atoms with Crippen molar-refractivity contribution in [3.05, 3.63) is 41.7 Å². The fraction of sp³-hybridized carbons (Fsp3) is 0.333. The molecule has 0 spiro atoms. The van der Waals surface area contributed by atoms with Gasteiger partial charge in [0.2, 0.25) is 0 Å². The first-order valence-electron chi connectivity index (χ1n) is 9.39. The highest BCUT2D eigenvalue weighted by molar-refractivity contribution is 6.33. The van der Waals surface area contributed by atoms with Crippen molar-refractivity contribution >= 4 is 34.0 Å². The van der Waals surface area contributed by atoms with E-state index in [1.807, 2.05) is 0 Å². The van der Waals surface area contributed by atoms with Gasteiger partial charge in [-0.1, -0.05) is 18.0 Å². The molecular weight excluding hydrogens is 378 g/mol. The summed E-state index contributed by atoms with van der Waals surface area (Å²) in [7, 11) is 1.60. The Morgan fingerprint density at radius 2 is 1.93 bits per heavy atom. The van der Waals surface area contributed by atoms with Gasteiger partial charge in [0.1, 0.15) is 29.4 Å². The average molecular weight is 400 g/mol. The van der Waals surface area contributed by atoms with Gasteiger partial charge in [-0.25, -0.2) is 9.97 Å². The quantitative estimate of drug-likeness (QED) is 0.593. The van der Waals surface area contributed by atoms with Crippen LogP contribution in [0.15, 0.2) is 36.7 Å². The first kappa shape index (κ1) is 18.6. The number of methoxy groups -OCH3 is 1. The molecule has 7 heteroatoms. The number of nitrogens with one attached hydrogen (secondary N) is 1. The van der Waals surface area contributed by atoms with Gasteiger partial charge >= 0.3 is 0 Å². The van der Waals surface area contributed by atoms with Crippen molar-refractivity contribution in [2.75, 3.05) is 12.4 Å². The van der Waals surface area contributed by atoms with Crippen LogP contribution in [0.25, 0.3) is 10.9 Å². The summed E-state index contributed by atoms with van der Waals surface area (Å²) < 4.78 is 11.6. The molecule has 2 N–H and O–H groups in total. The van der Waals surface area contributed by atoms with Crippen LogP contribution in [0.1, 0.15) is 32.1 Å². The minimum atomic E-state index is 0.113. The van der Waals surface area contributed by atoms with Crippen LogP contribution in [0.3, 0.4) is 0 Å². The first-order chi connectivity index (χ1) is 13.6. The van der Waals surface area contributed by atoms with Gasteiger partial charge in [0, 0.05) is 18.2 Å². The number of aromatic nitrogens is 2. The zero-order chi connectivity index (χ0) is 19.5. The van der Waals surface area contributed by atoms with Gasteiger partial charge in [-0.2, -0.15) is 0 Å². The predicted molar refractivity (Wildman–Crippen MR) is 110 cm³/mol. The van der Waals surface area contributed by atoms with E-state index in [1.165, 1.54) is 12.7 Å². The van der Waals surface area contributed by atoms with Crippen LogP contribution in [0.2, 0.25) is 5.02 Å². The normalized spacial score (nSPS) is 14.8. The largest absolute Gasteiger partial charge is 0.508 e. The van der Waals surface area contributed by atoms with Crippen molar-refractivity contribution in [3.8, 4) is 17.2 Å². The van der Waals surface area contributed by atoms with Crippen LogP contribution in [-0.4, -0.2) is 28.3 Å².